The number of rotatable bonds is 7. The number of aryl methyl sites for hydroxylation is 1. The summed E-state index contributed by atoms with van der Waals surface area (Å²) in [6.45, 7) is 2.00. The zero-order valence-electron chi connectivity index (χ0n) is 14.6. The smallest absolute Gasteiger partial charge is 0.220 e. The largest absolute Gasteiger partial charge is 0.497 e. The lowest BCUT2D eigenvalue weighted by Gasteiger charge is -2.12. The minimum atomic E-state index is 0.0314. The maximum absolute atomic E-state index is 12.1. The van der Waals surface area contributed by atoms with E-state index in [2.05, 4.69) is 5.32 Å². The van der Waals surface area contributed by atoms with Crippen LogP contribution in [0.25, 0.3) is 11.0 Å². The van der Waals surface area contributed by atoms with Gasteiger partial charge in [-0.05, 0) is 43.2 Å². The van der Waals surface area contributed by atoms with Crippen LogP contribution in [0.2, 0.25) is 0 Å². The van der Waals surface area contributed by atoms with Crippen LogP contribution in [0.1, 0.15) is 24.7 Å². The molecule has 4 nitrogen and oxygen atoms in total. The van der Waals surface area contributed by atoms with Gasteiger partial charge in [-0.3, -0.25) is 4.79 Å². The Kier molecular flexibility index (Phi) is 5.39. The van der Waals surface area contributed by atoms with E-state index in [4.69, 9.17) is 9.15 Å². The van der Waals surface area contributed by atoms with Gasteiger partial charge in [0, 0.05) is 24.3 Å². The van der Waals surface area contributed by atoms with Crippen LogP contribution < -0.4 is 10.1 Å². The Morgan fingerprint density at radius 2 is 1.92 bits per heavy atom. The highest BCUT2D eigenvalue weighted by molar-refractivity contribution is 5.78. The monoisotopic (exact) mass is 337 g/mol. The van der Waals surface area contributed by atoms with Crippen molar-refractivity contribution in [1.82, 2.24) is 5.32 Å². The minimum absolute atomic E-state index is 0.0314. The average molecular weight is 337 g/mol. The normalized spacial score (nSPS) is 12.1. The summed E-state index contributed by atoms with van der Waals surface area (Å²) in [5.41, 5.74) is 2.01. The molecular formula is C21H23NO3. The number of carbonyl (C=O) groups is 1. The number of ether oxygens (including phenoxy) is 1. The number of amides is 1. The van der Waals surface area contributed by atoms with Crippen molar-refractivity contribution in [2.45, 2.75) is 32.2 Å². The summed E-state index contributed by atoms with van der Waals surface area (Å²) in [5, 5.41) is 4.13. The fraction of sp³-hybridized carbons (Fsp3) is 0.286. The number of nitrogens with one attached hydrogen (secondary N) is 1. The molecule has 2 aromatic carbocycles. The number of fused-ring (bicyclic) bond motifs is 1. The first-order chi connectivity index (χ1) is 12.1. The minimum Gasteiger partial charge on any atom is -0.497 e. The molecule has 1 atom stereocenters. The molecule has 0 spiro atoms. The predicted octanol–water partition coefficient (Wildman–Crippen LogP) is 4.12. The lowest BCUT2D eigenvalue weighted by atomic mass is 10.1. The van der Waals surface area contributed by atoms with E-state index in [-0.39, 0.29) is 11.9 Å². The summed E-state index contributed by atoms with van der Waals surface area (Å²) >= 11 is 0. The Balaban J connectivity index is 1.48. The van der Waals surface area contributed by atoms with Crippen molar-refractivity contribution < 1.29 is 13.9 Å². The van der Waals surface area contributed by atoms with Gasteiger partial charge in [-0.15, -0.1) is 0 Å². The highest BCUT2D eigenvalue weighted by Crippen LogP contribution is 2.19. The van der Waals surface area contributed by atoms with Gasteiger partial charge < -0.3 is 14.5 Å². The first kappa shape index (κ1) is 17.1. The van der Waals surface area contributed by atoms with Crippen molar-refractivity contribution in [3.63, 3.8) is 0 Å². The van der Waals surface area contributed by atoms with E-state index in [1.54, 1.807) is 7.11 Å². The SMILES string of the molecule is COc1ccc(CCC(=O)N[C@@H](C)Cc2cc3ccccc3o2)cc1. The van der Waals surface area contributed by atoms with Crippen molar-refractivity contribution in [3.05, 3.63) is 65.9 Å². The van der Waals surface area contributed by atoms with E-state index in [0.717, 1.165) is 28.0 Å². The predicted molar refractivity (Wildman–Crippen MR) is 98.8 cm³/mol. The third-order valence-corrected chi connectivity index (χ3v) is 4.19. The van der Waals surface area contributed by atoms with E-state index in [1.165, 1.54) is 0 Å². The summed E-state index contributed by atoms with van der Waals surface area (Å²) in [7, 11) is 1.64. The van der Waals surface area contributed by atoms with Crippen LogP contribution in [0, 0.1) is 0 Å². The summed E-state index contributed by atoms with van der Waals surface area (Å²) in [6, 6.07) is 17.8. The summed E-state index contributed by atoms with van der Waals surface area (Å²) in [6.07, 6.45) is 1.87. The Hall–Kier alpha value is -2.75. The van der Waals surface area contributed by atoms with Gasteiger partial charge in [0.15, 0.2) is 0 Å². The molecule has 1 amide bonds. The van der Waals surface area contributed by atoms with Gasteiger partial charge >= 0.3 is 0 Å². The summed E-state index contributed by atoms with van der Waals surface area (Å²) in [5.74, 6) is 1.77. The van der Waals surface area contributed by atoms with Crippen molar-refractivity contribution in [1.29, 1.82) is 0 Å². The van der Waals surface area contributed by atoms with Crippen LogP contribution in [0.3, 0.4) is 0 Å². The number of hydrogen-bond acceptors (Lipinski definition) is 3. The highest BCUT2D eigenvalue weighted by Gasteiger charge is 2.11. The molecule has 0 radical (unpaired) electrons. The van der Waals surface area contributed by atoms with Crippen molar-refractivity contribution in [3.8, 4) is 5.75 Å². The molecule has 25 heavy (non-hydrogen) atoms. The summed E-state index contributed by atoms with van der Waals surface area (Å²) in [4.78, 5) is 12.1. The molecule has 1 heterocycles. The standard InChI is InChI=1S/C21H23NO3/c1-15(13-19-14-17-5-3-4-6-20(17)25-19)22-21(23)12-9-16-7-10-18(24-2)11-8-16/h3-8,10-11,14-15H,9,12-13H2,1-2H3,(H,22,23)/t15-/m0/s1. The molecular weight excluding hydrogens is 314 g/mol. The van der Waals surface area contributed by atoms with Gasteiger partial charge in [-0.1, -0.05) is 30.3 Å². The zero-order valence-corrected chi connectivity index (χ0v) is 14.6. The van der Waals surface area contributed by atoms with Gasteiger partial charge in [0.1, 0.15) is 17.1 Å². The second kappa shape index (κ2) is 7.88. The average Bonchev–Trinajstić information content (AvgIpc) is 3.02. The first-order valence-electron chi connectivity index (χ1n) is 8.54. The molecule has 130 valence electrons. The highest BCUT2D eigenvalue weighted by atomic mass is 16.5. The Morgan fingerprint density at radius 3 is 2.64 bits per heavy atom. The topological polar surface area (TPSA) is 51.5 Å². The number of para-hydroxylation sites is 1. The molecule has 0 saturated heterocycles. The Bertz CT molecular complexity index is 803. The lowest BCUT2D eigenvalue weighted by molar-refractivity contribution is -0.121. The molecule has 0 aliphatic rings. The van der Waals surface area contributed by atoms with Gasteiger partial charge in [0.05, 0.1) is 7.11 Å². The quantitative estimate of drug-likeness (QED) is 0.705. The number of benzene rings is 2. The second-order valence-corrected chi connectivity index (χ2v) is 6.27. The number of hydrogen-bond donors (Lipinski definition) is 1. The first-order valence-corrected chi connectivity index (χ1v) is 8.54. The number of methoxy groups -OCH3 is 1. The Labute approximate surface area is 147 Å². The lowest BCUT2D eigenvalue weighted by Crippen LogP contribution is -2.34. The van der Waals surface area contributed by atoms with E-state index < -0.39 is 0 Å². The van der Waals surface area contributed by atoms with E-state index in [1.807, 2.05) is 61.5 Å². The maximum atomic E-state index is 12.1. The molecule has 3 aromatic rings. The molecule has 1 aromatic heterocycles. The number of furan rings is 1. The van der Waals surface area contributed by atoms with Crippen LogP contribution in [-0.4, -0.2) is 19.1 Å². The summed E-state index contributed by atoms with van der Waals surface area (Å²) < 4.78 is 10.9. The van der Waals surface area contributed by atoms with Crippen LogP contribution in [0.5, 0.6) is 5.75 Å². The molecule has 0 saturated carbocycles. The molecule has 1 N–H and O–H groups in total. The van der Waals surface area contributed by atoms with Crippen LogP contribution in [0.15, 0.2) is 59.0 Å². The van der Waals surface area contributed by atoms with Gasteiger partial charge in [0.25, 0.3) is 0 Å². The van der Waals surface area contributed by atoms with Crippen LogP contribution >= 0.6 is 0 Å². The van der Waals surface area contributed by atoms with E-state index in [0.29, 0.717) is 19.3 Å². The molecule has 4 heteroatoms. The van der Waals surface area contributed by atoms with Crippen molar-refractivity contribution in [2.24, 2.45) is 0 Å². The van der Waals surface area contributed by atoms with E-state index >= 15 is 0 Å². The van der Waals surface area contributed by atoms with E-state index in [9.17, 15) is 4.79 Å². The fourth-order valence-electron chi connectivity index (χ4n) is 2.89. The maximum Gasteiger partial charge on any atom is 0.220 e. The number of carbonyl (C=O) groups excluding carboxylic acids is 1. The van der Waals surface area contributed by atoms with Gasteiger partial charge in [-0.2, -0.15) is 0 Å². The molecule has 0 bridgehead atoms. The molecule has 0 fully saturated rings. The fourth-order valence-corrected chi connectivity index (χ4v) is 2.89. The van der Waals surface area contributed by atoms with Crippen LogP contribution in [-0.2, 0) is 17.6 Å². The van der Waals surface area contributed by atoms with Crippen molar-refractivity contribution in [2.75, 3.05) is 7.11 Å². The van der Waals surface area contributed by atoms with Crippen molar-refractivity contribution >= 4 is 16.9 Å². The zero-order chi connectivity index (χ0) is 17.6. The Morgan fingerprint density at radius 1 is 1.16 bits per heavy atom. The third kappa shape index (κ3) is 4.63. The molecule has 0 aliphatic carbocycles. The molecule has 0 aliphatic heterocycles. The molecule has 3 rings (SSSR count). The van der Waals surface area contributed by atoms with Gasteiger partial charge in [0.2, 0.25) is 5.91 Å². The second-order valence-electron chi connectivity index (χ2n) is 6.27. The third-order valence-electron chi connectivity index (χ3n) is 4.19. The molecule has 0 unspecified atom stereocenters. The van der Waals surface area contributed by atoms with Gasteiger partial charge in [-0.25, -0.2) is 0 Å². The van der Waals surface area contributed by atoms with Crippen LogP contribution in [0.4, 0.5) is 0 Å².